The maximum atomic E-state index is 9.66. The third-order valence-corrected chi connectivity index (χ3v) is 1.15. The van der Waals surface area contributed by atoms with Gasteiger partial charge in [-0.2, -0.15) is 8.42 Å². The van der Waals surface area contributed by atoms with E-state index in [1.54, 1.807) is 12.1 Å². The minimum absolute atomic E-state index is 0.426. The molecule has 0 saturated carbocycles. The lowest BCUT2D eigenvalue weighted by Crippen LogP contribution is -1.43. The lowest BCUT2D eigenvalue weighted by atomic mass is 11.2. The molecular weight excluding hydrogens is 100 g/mol. The average molecular weight is 102 g/mol. The lowest BCUT2D eigenvalue weighted by molar-refractivity contribution is 0.625. The summed E-state index contributed by atoms with van der Waals surface area (Å²) < 4.78 is 19.8. The van der Waals surface area contributed by atoms with Gasteiger partial charge >= 0.3 is 0 Å². The van der Waals surface area contributed by atoms with Crippen molar-refractivity contribution in [2.75, 3.05) is 0 Å². The molecule has 0 atom stereocenters. The molecule has 0 unspecified atom stereocenters. The Morgan fingerprint density at radius 3 is 1.83 bits per heavy atom. The Bertz CT molecular complexity index is 228. The van der Waals surface area contributed by atoms with Gasteiger partial charge in [0, 0.05) is 0 Å². The summed E-state index contributed by atoms with van der Waals surface area (Å²) in [5, 5.41) is 0. The zero-order valence-electron chi connectivity index (χ0n) is 2.88. The molecular formula is C3H2O2S. The molecule has 2 nitrogen and oxygen atoms in total. The summed E-state index contributed by atoms with van der Waals surface area (Å²) in [6.45, 7) is 0. The van der Waals surface area contributed by atoms with Gasteiger partial charge in [0.15, 0.2) is 0 Å². The van der Waals surface area contributed by atoms with Crippen LogP contribution in [0.4, 0.5) is 0 Å². The van der Waals surface area contributed by atoms with Crippen molar-refractivity contribution in [2.24, 2.45) is 0 Å². The SMILES string of the molecule is O=S(=O)=c1cc1. The highest BCUT2D eigenvalue weighted by molar-refractivity contribution is 7.64. The standard InChI is InChI=1S/C3H2O2S/c4-6(5)3-1-2-3/h1-2H. The van der Waals surface area contributed by atoms with Crippen molar-refractivity contribution in [1.82, 2.24) is 0 Å². The first kappa shape index (κ1) is 3.61. The molecule has 0 N–H and O–H groups in total. The summed E-state index contributed by atoms with van der Waals surface area (Å²) in [7, 11) is -1.95. The van der Waals surface area contributed by atoms with Crippen molar-refractivity contribution in [1.29, 1.82) is 0 Å². The van der Waals surface area contributed by atoms with E-state index in [1.165, 1.54) is 0 Å². The Labute approximate surface area is 36.3 Å². The molecule has 1 aromatic rings. The highest BCUT2D eigenvalue weighted by Crippen LogP contribution is 1.89. The molecule has 0 spiro atoms. The molecule has 0 aliphatic rings. The Kier molecular flexibility index (Phi) is 0.569. The second-order valence-corrected chi connectivity index (χ2v) is 1.91. The first-order valence-electron chi connectivity index (χ1n) is 1.45. The van der Waals surface area contributed by atoms with Crippen LogP contribution in [0.15, 0.2) is 12.1 Å². The summed E-state index contributed by atoms with van der Waals surface area (Å²) >= 11 is 0. The predicted octanol–water partition coefficient (Wildman–Crippen LogP) is -0.0267. The van der Waals surface area contributed by atoms with Gasteiger partial charge in [-0.25, -0.2) is 0 Å². The van der Waals surface area contributed by atoms with Gasteiger partial charge in [-0.15, -0.1) is 0 Å². The van der Waals surface area contributed by atoms with Crippen LogP contribution >= 0.6 is 0 Å². The van der Waals surface area contributed by atoms with E-state index in [4.69, 9.17) is 0 Å². The van der Waals surface area contributed by atoms with Crippen LogP contribution in [0.3, 0.4) is 0 Å². The van der Waals surface area contributed by atoms with Gasteiger partial charge in [0.05, 0.1) is 4.51 Å². The predicted molar refractivity (Wildman–Crippen MR) is 21.0 cm³/mol. The van der Waals surface area contributed by atoms with Gasteiger partial charge in [0.1, 0.15) is 0 Å². The number of hydrogen-bond donors (Lipinski definition) is 0. The van der Waals surface area contributed by atoms with E-state index in [9.17, 15) is 8.42 Å². The molecule has 0 aliphatic carbocycles. The van der Waals surface area contributed by atoms with Gasteiger partial charge in [0.2, 0.25) is 10.3 Å². The van der Waals surface area contributed by atoms with Gasteiger partial charge in [-0.05, 0) is 12.1 Å². The molecule has 0 fully saturated rings. The van der Waals surface area contributed by atoms with Crippen LogP contribution in [-0.4, -0.2) is 8.42 Å². The molecule has 0 aliphatic heterocycles. The summed E-state index contributed by atoms with van der Waals surface area (Å²) in [6.07, 6.45) is 0. The third kappa shape index (κ3) is 0.490. The molecule has 0 amide bonds. The molecule has 0 radical (unpaired) electrons. The summed E-state index contributed by atoms with van der Waals surface area (Å²) in [6, 6.07) is 3.09. The fourth-order valence-electron chi connectivity index (χ4n) is 0.145. The van der Waals surface area contributed by atoms with Gasteiger partial charge < -0.3 is 0 Å². The van der Waals surface area contributed by atoms with E-state index in [1.807, 2.05) is 0 Å². The number of hydrogen-bond acceptors (Lipinski definition) is 2. The molecule has 6 heavy (non-hydrogen) atoms. The van der Waals surface area contributed by atoms with Crippen molar-refractivity contribution in [3.63, 3.8) is 0 Å². The molecule has 1 aromatic carbocycles. The van der Waals surface area contributed by atoms with Gasteiger partial charge in [-0.1, -0.05) is 0 Å². The van der Waals surface area contributed by atoms with Crippen molar-refractivity contribution >= 4 is 10.3 Å². The highest BCUT2D eigenvalue weighted by atomic mass is 32.2. The zero-order valence-corrected chi connectivity index (χ0v) is 3.70. The second-order valence-electron chi connectivity index (χ2n) is 0.970. The summed E-state index contributed by atoms with van der Waals surface area (Å²) in [4.78, 5) is 0. The Hall–Kier alpha value is -0.570. The maximum absolute atomic E-state index is 9.66. The van der Waals surface area contributed by atoms with E-state index in [2.05, 4.69) is 0 Å². The fraction of sp³-hybridized carbons (Fsp3) is 0. The van der Waals surface area contributed by atoms with Crippen LogP contribution in [0.5, 0.6) is 0 Å². The smallest absolute Gasteiger partial charge is 0.184 e. The third-order valence-electron chi connectivity index (χ3n) is 0.495. The molecule has 32 valence electrons. The van der Waals surface area contributed by atoms with E-state index >= 15 is 0 Å². The molecule has 0 heterocycles. The normalized spacial score (nSPS) is 9.33. The zero-order chi connectivity index (χ0) is 4.57. The van der Waals surface area contributed by atoms with Crippen LogP contribution in [0.25, 0.3) is 0 Å². The first-order chi connectivity index (χ1) is 2.80. The number of rotatable bonds is 0. The minimum atomic E-state index is -1.95. The van der Waals surface area contributed by atoms with Crippen LogP contribution in [-0.2, 0) is 10.3 Å². The summed E-state index contributed by atoms with van der Waals surface area (Å²) in [5.74, 6) is 0. The van der Waals surface area contributed by atoms with Crippen LogP contribution in [0.2, 0.25) is 0 Å². The lowest BCUT2D eigenvalue weighted by Gasteiger charge is -1.31. The van der Waals surface area contributed by atoms with Crippen LogP contribution < -0.4 is 0 Å². The Morgan fingerprint density at radius 2 is 1.83 bits per heavy atom. The average Bonchev–Trinajstić information content (AvgIpc) is 2.06. The Balaban J connectivity index is 3.83. The molecule has 0 bridgehead atoms. The van der Waals surface area contributed by atoms with E-state index < -0.39 is 10.3 Å². The quantitative estimate of drug-likeness (QED) is 0.431. The first-order valence-corrected chi connectivity index (χ1v) is 2.52. The maximum Gasteiger partial charge on any atom is 0.221 e. The fourth-order valence-corrected chi connectivity index (χ4v) is 0.435. The van der Waals surface area contributed by atoms with Gasteiger partial charge in [-0.3, -0.25) is 0 Å². The van der Waals surface area contributed by atoms with Gasteiger partial charge in [0.25, 0.3) is 0 Å². The van der Waals surface area contributed by atoms with Crippen molar-refractivity contribution in [3.8, 4) is 0 Å². The van der Waals surface area contributed by atoms with E-state index in [0.29, 0.717) is 4.51 Å². The van der Waals surface area contributed by atoms with Crippen LogP contribution in [0.1, 0.15) is 0 Å². The van der Waals surface area contributed by atoms with E-state index in [0.717, 1.165) is 0 Å². The molecule has 0 aromatic heterocycles. The largest absolute Gasteiger partial charge is 0.221 e. The molecule has 1 rings (SSSR count). The van der Waals surface area contributed by atoms with Crippen molar-refractivity contribution in [2.45, 2.75) is 0 Å². The monoisotopic (exact) mass is 102 g/mol. The summed E-state index contributed by atoms with van der Waals surface area (Å²) in [5.41, 5.74) is 0. The highest BCUT2D eigenvalue weighted by Gasteiger charge is 1.83. The topological polar surface area (TPSA) is 34.1 Å². The molecule has 3 heteroatoms. The molecule has 0 saturated heterocycles. The van der Waals surface area contributed by atoms with Crippen molar-refractivity contribution in [3.05, 3.63) is 16.6 Å². The van der Waals surface area contributed by atoms with E-state index in [-0.39, 0.29) is 0 Å². The minimum Gasteiger partial charge on any atom is -0.184 e. The second kappa shape index (κ2) is 0.944. The van der Waals surface area contributed by atoms with Crippen molar-refractivity contribution < 1.29 is 8.42 Å². The Morgan fingerprint density at radius 1 is 1.33 bits per heavy atom. The van der Waals surface area contributed by atoms with Crippen LogP contribution in [0, 0.1) is 4.51 Å².